The van der Waals surface area contributed by atoms with Gasteiger partial charge in [-0.2, -0.15) is 4.98 Å². The number of nitrogens with zero attached hydrogens (tertiary/aromatic N) is 4. The van der Waals surface area contributed by atoms with Crippen molar-refractivity contribution in [2.75, 3.05) is 7.11 Å². The average molecular weight is 252 g/mol. The fraction of sp³-hybridized carbons (Fsp3) is 0.214. The van der Waals surface area contributed by atoms with Crippen LogP contribution in [0.4, 0.5) is 0 Å². The van der Waals surface area contributed by atoms with Crippen molar-refractivity contribution in [1.29, 1.82) is 0 Å². The number of fused-ring (bicyclic) bond motifs is 5. The average Bonchev–Trinajstić information content (AvgIpc) is 2.86. The van der Waals surface area contributed by atoms with Gasteiger partial charge in [0.1, 0.15) is 12.2 Å². The van der Waals surface area contributed by atoms with Gasteiger partial charge >= 0.3 is 0 Å². The fourth-order valence-electron chi connectivity index (χ4n) is 2.67. The van der Waals surface area contributed by atoms with E-state index < -0.39 is 0 Å². The van der Waals surface area contributed by atoms with Gasteiger partial charge in [0.15, 0.2) is 11.2 Å². The summed E-state index contributed by atoms with van der Waals surface area (Å²) in [7, 11) is 1.61. The summed E-state index contributed by atoms with van der Waals surface area (Å²) >= 11 is 0. The Labute approximate surface area is 109 Å². The molecular formula is C14H12N4O. The van der Waals surface area contributed by atoms with Crippen LogP contribution in [0.15, 0.2) is 30.6 Å². The van der Waals surface area contributed by atoms with Crippen molar-refractivity contribution < 1.29 is 4.74 Å². The molecule has 0 amide bonds. The number of methoxy groups -OCH3 is 1. The van der Waals surface area contributed by atoms with Gasteiger partial charge in [-0.25, -0.2) is 9.97 Å². The summed E-state index contributed by atoms with van der Waals surface area (Å²) in [5, 5.41) is 0. The van der Waals surface area contributed by atoms with Gasteiger partial charge in [-0.3, -0.25) is 0 Å². The smallest absolute Gasteiger partial charge is 0.245 e. The largest absolute Gasteiger partial charge is 0.479 e. The quantitative estimate of drug-likeness (QED) is 0.665. The number of benzene rings is 1. The lowest BCUT2D eigenvalue weighted by molar-refractivity contribution is 0.401. The molecule has 0 atom stereocenters. The minimum Gasteiger partial charge on any atom is -0.479 e. The van der Waals surface area contributed by atoms with E-state index in [1.165, 1.54) is 17.5 Å². The maximum absolute atomic E-state index is 5.27. The van der Waals surface area contributed by atoms with Crippen LogP contribution in [-0.4, -0.2) is 26.6 Å². The molecule has 0 unspecified atom stereocenters. The van der Waals surface area contributed by atoms with Crippen LogP contribution in [-0.2, 0) is 13.0 Å². The van der Waals surface area contributed by atoms with E-state index >= 15 is 0 Å². The first-order valence-electron chi connectivity index (χ1n) is 6.22. The van der Waals surface area contributed by atoms with Gasteiger partial charge < -0.3 is 9.30 Å². The molecule has 1 aliphatic heterocycles. The third-order valence-corrected chi connectivity index (χ3v) is 3.55. The minimum atomic E-state index is 0.532. The van der Waals surface area contributed by atoms with Crippen molar-refractivity contribution in [2.45, 2.75) is 13.0 Å². The molecule has 4 rings (SSSR count). The molecule has 3 heterocycles. The molecule has 0 saturated heterocycles. The number of aryl methyl sites for hydroxylation is 2. The van der Waals surface area contributed by atoms with Gasteiger partial charge in [0, 0.05) is 12.1 Å². The summed E-state index contributed by atoms with van der Waals surface area (Å²) in [4.78, 5) is 13.1. The lowest BCUT2D eigenvalue weighted by atomic mass is 10.0. The van der Waals surface area contributed by atoms with Crippen molar-refractivity contribution in [3.8, 4) is 17.3 Å². The molecule has 94 valence electrons. The monoisotopic (exact) mass is 252 g/mol. The summed E-state index contributed by atoms with van der Waals surface area (Å²) in [6, 6.07) is 8.36. The van der Waals surface area contributed by atoms with Crippen molar-refractivity contribution in [2.24, 2.45) is 0 Å². The molecule has 0 bridgehead atoms. The molecule has 2 aromatic heterocycles. The zero-order valence-corrected chi connectivity index (χ0v) is 10.5. The molecule has 0 fully saturated rings. The van der Waals surface area contributed by atoms with Crippen LogP contribution in [0.2, 0.25) is 0 Å². The Balaban J connectivity index is 2.07. The molecular weight excluding hydrogens is 240 g/mol. The highest BCUT2D eigenvalue weighted by Gasteiger charge is 2.22. The number of imidazole rings is 1. The topological polar surface area (TPSA) is 52.8 Å². The van der Waals surface area contributed by atoms with Gasteiger partial charge in [-0.1, -0.05) is 24.3 Å². The lowest BCUT2D eigenvalue weighted by Crippen LogP contribution is -2.11. The van der Waals surface area contributed by atoms with Gasteiger partial charge in [0.25, 0.3) is 0 Å². The second-order valence-electron chi connectivity index (χ2n) is 4.55. The fourth-order valence-corrected chi connectivity index (χ4v) is 2.67. The van der Waals surface area contributed by atoms with E-state index in [1.807, 2.05) is 6.07 Å². The molecule has 1 aromatic carbocycles. The summed E-state index contributed by atoms with van der Waals surface area (Å²) in [5.74, 6) is 1.49. The van der Waals surface area contributed by atoms with Crippen LogP contribution < -0.4 is 4.74 Å². The Bertz CT molecular complexity index is 778. The van der Waals surface area contributed by atoms with E-state index in [1.54, 1.807) is 7.11 Å². The molecule has 1 aliphatic rings. The van der Waals surface area contributed by atoms with Crippen LogP contribution in [0, 0.1) is 0 Å². The number of hydrogen-bond donors (Lipinski definition) is 0. The molecule has 19 heavy (non-hydrogen) atoms. The highest BCUT2D eigenvalue weighted by molar-refractivity contribution is 5.82. The van der Waals surface area contributed by atoms with Crippen molar-refractivity contribution >= 4 is 11.2 Å². The number of ether oxygens (including phenoxy) is 1. The number of hydrogen-bond acceptors (Lipinski definition) is 4. The molecule has 0 aliphatic carbocycles. The Kier molecular flexibility index (Phi) is 2.09. The van der Waals surface area contributed by atoms with E-state index in [2.05, 4.69) is 37.7 Å². The summed E-state index contributed by atoms with van der Waals surface area (Å²) in [6.45, 7) is 0.892. The summed E-state index contributed by atoms with van der Waals surface area (Å²) in [6.07, 6.45) is 2.53. The van der Waals surface area contributed by atoms with E-state index in [4.69, 9.17) is 4.74 Å². The highest BCUT2D eigenvalue weighted by Crippen LogP contribution is 2.33. The van der Waals surface area contributed by atoms with Crippen LogP contribution in [0.5, 0.6) is 5.88 Å². The van der Waals surface area contributed by atoms with Crippen LogP contribution in [0.1, 0.15) is 5.56 Å². The molecule has 0 saturated carbocycles. The molecule has 5 heteroatoms. The normalized spacial score (nSPS) is 13.1. The van der Waals surface area contributed by atoms with Crippen molar-refractivity contribution in [3.05, 3.63) is 36.2 Å². The van der Waals surface area contributed by atoms with Crippen LogP contribution >= 0.6 is 0 Å². The highest BCUT2D eigenvalue weighted by atomic mass is 16.5. The third-order valence-electron chi connectivity index (χ3n) is 3.55. The van der Waals surface area contributed by atoms with Crippen molar-refractivity contribution in [1.82, 2.24) is 19.5 Å². The second-order valence-corrected chi connectivity index (χ2v) is 4.55. The van der Waals surface area contributed by atoms with Gasteiger partial charge in [0.05, 0.1) is 7.11 Å². The third kappa shape index (κ3) is 1.38. The molecule has 0 spiro atoms. The predicted octanol–water partition coefficient (Wildman–Crippen LogP) is 2.06. The van der Waals surface area contributed by atoms with Gasteiger partial charge in [0.2, 0.25) is 5.88 Å². The van der Waals surface area contributed by atoms with Crippen LogP contribution in [0.25, 0.3) is 22.6 Å². The summed E-state index contributed by atoms with van der Waals surface area (Å²) in [5.41, 5.74) is 4.08. The Morgan fingerprint density at radius 3 is 3.00 bits per heavy atom. The molecule has 5 nitrogen and oxygen atoms in total. The Morgan fingerprint density at radius 2 is 2.11 bits per heavy atom. The molecule has 0 radical (unpaired) electrons. The summed E-state index contributed by atoms with van der Waals surface area (Å²) < 4.78 is 7.41. The van der Waals surface area contributed by atoms with Gasteiger partial charge in [-0.15, -0.1) is 0 Å². The minimum absolute atomic E-state index is 0.532. The zero-order chi connectivity index (χ0) is 12.8. The SMILES string of the molecule is COc1ncnc2c1nc1n2CCc2ccccc2-1. The maximum atomic E-state index is 5.27. The molecule has 0 N–H and O–H groups in total. The second kappa shape index (κ2) is 3.78. The van der Waals surface area contributed by atoms with Gasteiger partial charge in [-0.05, 0) is 12.0 Å². The first-order chi connectivity index (χ1) is 9.38. The maximum Gasteiger partial charge on any atom is 0.245 e. The molecule has 3 aromatic rings. The van der Waals surface area contributed by atoms with Crippen molar-refractivity contribution in [3.63, 3.8) is 0 Å². The van der Waals surface area contributed by atoms with Crippen LogP contribution in [0.3, 0.4) is 0 Å². The van der Waals surface area contributed by atoms with E-state index in [0.29, 0.717) is 5.88 Å². The number of rotatable bonds is 1. The van der Waals surface area contributed by atoms with E-state index in [0.717, 1.165) is 30.0 Å². The van der Waals surface area contributed by atoms with E-state index in [9.17, 15) is 0 Å². The standard InChI is InChI=1S/C14H12N4O/c1-19-14-11-13(15-8-16-14)18-7-6-9-4-2-3-5-10(9)12(18)17-11/h2-5,8H,6-7H2,1H3. The Morgan fingerprint density at radius 1 is 1.21 bits per heavy atom. The zero-order valence-electron chi connectivity index (χ0n) is 10.5. The number of aromatic nitrogens is 4. The van der Waals surface area contributed by atoms with E-state index in [-0.39, 0.29) is 0 Å². The predicted molar refractivity (Wildman–Crippen MR) is 71.0 cm³/mol. The first kappa shape index (κ1) is 10.5. The lowest BCUT2D eigenvalue weighted by Gasteiger charge is -2.17. The first-order valence-corrected chi connectivity index (χ1v) is 6.22. The Hall–Kier alpha value is -2.43.